The van der Waals surface area contributed by atoms with Crippen molar-refractivity contribution < 1.29 is 9.47 Å². The van der Waals surface area contributed by atoms with E-state index in [2.05, 4.69) is 199 Å². The summed E-state index contributed by atoms with van der Waals surface area (Å²) in [5.74, 6) is 2.70. The number of halogens is 6. The number of rotatable bonds is 10. The fourth-order valence-corrected chi connectivity index (χ4v) is 19.6. The molecule has 1 aliphatic heterocycles. The van der Waals surface area contributed by atoms with Gasteiger partial charge in [-0.25, -0.2) is 0 Å². The quantitative estimate of drug-likeness (QED) is 0.101. The molecule has 12 aromatic rings. The molecule has 13 rings (SSSR count). The highest BCUT2D eigenvalue weighted by atomic mass is 79.9. The van der Waals surface area contributed by atoms with Gasteiger partial charge in [-0.2, -0.15) is 0 Å². The van der Waals surface area contributed by atoms with Crippen molar-refractivity contribution >= 4 is 157 Å². The maximum atomic E-state index is 7.10. The third kappa shape index (κ3) is 12.9. The third-order valence-corrected chi connectivity index (χ3v) is 25.4. The van der Waals surface area contributed by atoms with Gasteiger partial charge in [0.05, 0.1) is 11.4 Å². The van der Waals surface area contributed by atoms with Crippen LogP contribution in [0.1, 0.15) is 0 Å². The van der Waals surface area contributed by atoms with Crippen molar-refractivity contribution in [3.63, 3.8) is 0 Å². The molecule has 84 heavy (non-hydrogen) atoms. The highest BCUT2D eigenvalue weighted by molar-refractivity contribution is 9.10. The summed E-state index contributed by atoms with van der Waals surface area (Å²) >= 11 is 34.0. The minimum Gasteiger partial charge on any atom is -0.456 e. The molecule has 0 aliphatic carbocycles. The number of ether oxygens (including phenoxy) is 2. The van der Waals surface area contributed by atoms with E-state index in [4.69, 9.17) is 54.8 Å². The largest absolute Gasteiger partial charge is 0.456 e. The van der Waals surface area contributed by atoms with Gasteiger partial charge in [0, 0.05) is 31.7 Å². The monoisotopic (exact) mass is 1330 g/mol. The Hall–Kier alpha value is -7.61. The van der Waals surface area contributed by atoms with Crippen molar-refractivity contribution in [1.82, 2.24) is 0 Å². The van der Waals surface area contributed by atoms with Gasteiger partial charge in [-0.3, -0.25) is 0 Å². The number of para-hydroxylation sites is 2. The van der Waals surface area contributed by atoms with E-state index >= 15 is 0 Å². The molecule has 0 saturated carbocycles. The van der Waals surface area contributed by atoms with Crippen LogP contribution in [0.3, 0.4) is 0 Å². The lowest BCUT2D eigenvalue weighted by atomic mass is 10.2. The normalized spacial score (nSPS) is 12.1. The number of nitrogens with zero attached hydrogens (tertiary/aromatic N) is 2. The van der Waals surface area contributed by atoms with E-state index in [9.17, 15) is 0 Å². The second-order valence-electron chi connectivity index (χ2n) is 19.5. The van der Waals surface area contributed by atoms with Gasteiger partial charge in [0.1, 0.15) is 33.0 Å². The summed E-state index contributed by atoms with van der Waals surface area (Å²) in [7, 11) is -2.76. The summed E-state index contributed by atoms with van der Waals surface area (Å²) in [5, 5.41) is 8.32. The molecule has 0 radical (unpaired) electrons. The fraction of sp³-hybridized carbons (Fsp3) is 0. The van der Waals surface area contributed by atoms with Crippen LogP contribution in [0.15, 0.2) is 324 Å². The number of hydrogen-bond acceptors (Lipinski definition) is 4. The van der Waals surface area contributed by atoms with Gasteiger partial charge in [-0.1, -0.05) is 261 Å². The van der Waals surface area contributed by atoms with E-state index in [-0.39, 0.29) is 0 Å². The number of benzene rings is 12. The first-order chi connectivity index (χ1) is 41.1. The molecule has 0 atom stereocenters. The maximum Gasteiger partial charge on any atom is 0.310 e. The lowest BCUT2D eigenvalue weighted by molar-refractivity contribution is 0.482. The van der Waals surface area contributed by atoms with Gasteiger partial charge < -0.3 is 19.3 Å². The van der Waals surface area contributed by atoms with Gasteiger partial charge in [0.25, 0.3) is 0 Å². The van der Waals surface area contributed by atoms with Crippen molar-refractivity contribution in [2.75, 3.05) is 9.80 Å². The molecule has 4 nitrogen and oxygen atoms in total. The van der Waals surface area contributed by atoms with Crippen LogP contribution in [-0.2, 0) is 0 Å². The standard InChI is InChI=1S/C36H26ClNOSi.C24H16Br2ClNO.C12H10Cl2Si/c37-36-34-23-12-24-35(36)39-29-16-11-22-33(26-29)40(30-17-6-2-7-18-30,31-19-8-3-9-20-31)32-21-10-15-28(25-32)38(34)27-13-4-1-5-14-27;25-17-7-4-11-20(15-17)28(19-9-2-1-3-10-19)22-13-6-14-23(24(22)27)29-21-12-5-8-18(26)16-21;13-15(14,11-7-3-1-4-8-11)12-9-5-2-6-10-12/h1-26H;1-16H;1-10H. The van der Waals surface area contributed by atoms with Gasteiger partial charge in [0.15, 0.2) is 8.07 Å². The lowest BCUT2D eigenvalue weighted by Gasteiger charge is -2.36. The van der Waals surface area contributed by atoms with Crippen LogP contribution in [0.2, 0.25) is 10.0 Å². The van der Waals surface area contributed by atoms with E-state index in [1.807, 2.05) is 158 Å². The summed E-state index contributed by atoms with van der Waals surface area (Å²) in [6.07, 6.45) is 0. The van der Waals surface area contributed by atoms with Crippen LogP contribution in [0.5, 0.6) is 23.0 Å². The molecule has 1 heterocycles. The van der Waals surface area contributed by atoms with E-state index in [1.165, 1.54) is 20.7 Å². The van der Waals surface area contributed by atoms with Crippen LogP contribution < -0.4 is 50.4 Å². The third-order valence-electron chi connectivity index (χ3n) is 14.2. The number of hydrogen-bond donors (Lipinski definition) is 0. The minimum absolute atomic E-state index is 0.538. The van der Waals surface area contributed by atoms with E-state index in [1.54, 1.807) is 0 Å². The zero-order valence-electron chi connectivity index (χ0n) is 45.0. The molecular formula is C72H52Br2Cl4N2O2Si2. The Morgan fingerprint density at radius 3 is 1.49 bits per heavy atom. The van der Waals surface area contributed by atoms with Crippen molar-refractivity contribution in [3.05, 3.63) is 334 Å². The summed E-state index contributed by atoms with van der Waals surface area (Å²) in [6, 6.07) is 107. The van der Waals surface area contributed by atoms with Gasteiger partial charge >= 0.3 is 6.69 Å². The summed E-state index contributed by atoms with van der Waals surface area (Å²) < 4.78 is 14.6. The lowest BCUT2D eigenvalue weighted by Crippen LogP contribution is -2.74. The number of anilines is 6. The second-order valence-corrected chi connectivity index (χ2v) is 32.2. The summed E-state index contributed by atoms with van der Waals surface area (Å²) in [4.78, 5) is 4.34. The Morgan fingerprint density at radius 1 is 0.405 bits per heavy atom. The zero-order chi connectivity index (χ0) is 57.9. The van der Waals surface area contributed by atoms with Gasteiger partial charge in [0.2, 0.25) is 0 Å². The van der Waals surface area contributed by atoms with Gasteiger partial charge in [-0.15, -0.1) is 22.2 Å². The van der Waals surface area contributed by atoms with Crippen molar-refractivity contribution in [2.45, 2.75) is 0 Å². The first-order valence-corrected chi connectivity index (χ1v) is 35.4. The average Bonchev–Trinajstić information content (AvgIpc) is 1.56. The molecule has 6 bridgehead atoms. The Labute approximate surface area is 529 Å². The van der Waals surface area contributed by atoms with Crippen molar-refractivity contribution in [3.8, 4) is 23.0 Å². The maximum absolute atomic E-state index is 7.10. The Balaban J connectivity index is 0.000000146. The van der Waals surface area contributed by atoms with Crippen LogP contribution in [0, 0.1) is 0 Å². The van der Waals surface area contributed by atoms with E-state index < -0.39 is 14.8 Å². The zero-order valence-corrected chi connectivity index (χ0v) is 53.2. The molecule has 0 unspecified atom stereocenters. The molecule has 0 N–H and O–H groups in total. The summed E-state index contributed by atoms with van der Waals surface area (Å²) in [6.45, 7) is -2.51. The molecule has 12 aromatic carbocycles. The molecule has 0 saturated heterocycles. The average molecular weight is 1340 g/mol. The molecule has 1 aliphatic rings. The minimum atomic E-state index is -2.76. The molecule has 12 heteroatoms. The smallest absolute Gasteiger partial charge is 0.310 e. The predicted octanol–water partition coefficient (Wildman–Crippen LogP) is 19.1. The van der Waals surface area contributed by atoms with Crippen LogP contribution in [0.4, 0.5) is 34.1 Å². The predicted molar refractivity (Wildman–Crippen MR) is 367 cm³/mol. The topological polar surface area (TPSA) is 24.9 Å². The van der Waals surface area contributed by atoms with Crippen molar-refractivity contribution in [2.24, 2.45) is 0 Å². The molecule has 412 valence electrons. The first-order valence-electron chi connectivity index (χ1n) is 27.0. The number of fused-ring (bicyclic) bond motifs is 6. The second kappa shape index (κ2) is 27.0. The van der Waals surface area contributed by atoms with Crippen LogP contribution >= 0.6 is 77.2 Å². The van der Waals surface area contributed by atoms with E-state index in [0.717, 1.165) is 59.2 Å². The SMILES string of the molecule is Cl[Si](Cl)(c1ccccc1)c1ccccc1.Clc1c(Oc2cccc(Br)c2)cccc1N(c1ccccc1)c1cccc(Br)c1.Clc1c2cccc1N(c1ccccc1)c1cccc(c1)[Si](c1ccccc1)(c1ccccc1)c1cccc(c1)O2. The Bertz CT molecular complexity index is 4060. The van der Waals surface area contributed by atoms with Crippen LogP contribution in [0.25, 0.3) is 0 Å². The Kier molecular flexibility index (Phi) is 18.7. The van der Waals surface area contributed by atoms with Gasteiger partial charge in [-0.05, 0) is 140 Å². The van der Waals surface area contributed by atoms with Crippen LogP contribution in [-0.4, -0.2) is 14.8 Å². The summed E-state index contributed by atoms with van der Waals surface area (Å²) in [5.41, 5.74) is 5.78. The fourth-order valence-electron chi connectivity index (χ4n) is 10.4. The van der Waals surface area contributed by atoms with Crippen molar-refractivity contribution in [1.29, 1.82) is 0 Å². The Morgan fingerprint density at radius 2 is 0.881 bits per heavy atom. The molecule has 0 fully saturated rings. The highest BCUT2D eigenvalue weighted by Gasteiger charge is 2.42. The molecular weight excluding hydrogens is 1280 g/mol. The molecule has 0 spiro atoms. The molecule has 0 amide bonds. The highest BCUT2D eigenvalue weighted by Crippen LogP contribution is 2.46. The first kappa shape index (κ1) is 58.2. The molecule has 0 aromatic heterocycles. The van der Waals surface area contributed by atoms with E-state index in [0.29, 0.717) is 27.3 Å².